The number of hydrogen-bond donors (Lipinski definition) is 3. The van der Waals surface area contributed by atoms with Crippen molar-refractivity contribution in [3.8, 4) is 28.1 Å². The number of aromatic nitrogens is 2. The Morgan fingerprint density at radius 1 is 0.716 bits per heavy atom. The van der Waals surface area contributed by atoms with Gasteiger partial charge in [0.25, 0.3) is 0 Å². The molecule has 5 atom stereocenters. The van der Waals surface area contributed by atoms with Crippen LogP contribution in [0.25, 0.3) is 28.0 Å². The Labute approximate surface area is 390 Å². The third-order valence-electron chi connectivity index (χ3n) is 12.9. The van der Waals surface area contributed by atoms with Gasteiger partial charge in [-0.15, -0.1) is 0 Å². The highest BCUT2D eigenvalue weighted by Crippen LogP contribution is 2.35. The van der Waals surface area contributed by atoms with E-state index < -0.39 is 30.4 Å². The summed E-state index contributed by atoms with van der Waals surface area (Å²) in [5, 5.41) is 5.42. The molecule has 4 heterocycles. The zero-order valence-corrected chi connectivity index (χ0v) is 38.3. The first-order valence-electron chi connectivity index (χ1n) is 22.7. The average Bonchev–Trinajstić information content (AvgIpc) is 4.23. The lowest BCUT2D eigenvalue weighted by atomic mass is 9.96. The second kappa shape index (κ2) is 21.4. The van der Waals surface area contributed by atoms with Gasteiger partial charge < -0.3 is 44.4 Å². The Bertz CT molecular complexity index is 2580. The normalized spacial score (nSPS) is 18.1. The summed E-state index contributed by atoms with van der Waals surface area (Å²) < 4.78 is 21.1. The Kier molecular flexibility index (Phi) is 14.8. The van der Waals surface area contributed by atoms with Crippen molar-refractivity contribution in [1.82, 2.24) is 30.4 Å². The van der Waals surface area contributed by atoms with Crippen LogP contribution in [0.4, 0.5) is 9.59 Å². The molecule has 3 N–H and O–H groups in total. The predicted molar refractivity (Wildman–Crippen MR) is 254 cm³/mol. The van der Waals surface area contributed by atoms with Crippen molar-refractivity contribution in [2.75, 3.05) is 34.4 Å². The van der Waals surface area contributed by atoms with Crippen LogP contribution >= 0.6 is 0 Å². The molecular weight excluding hydrogens is 851 g/mol. The van der Waals surface area contributed by atoms with Crippen LogP contribution in [0.15, 0.2) is 121 Å². The number of nitrogens with zero attached hydrogens (tertiary/aromatic N) is 4. The number of likely N-dealkylation sites (tertiary alicyclic amines) is 2. The molecule has 0 radical (unpaired) electrons. The van der Waals surface area contributed by atoms with Crippen LogP contribution in [0, 0.1) is 0 Å². The molecule has 15 heteroatoms. The number of ether oxygens (including phenoxy) is 4. The van der Waals surface area contributed by atoms with Crippen LogP contribution in [0.3, 0.4) is 0 Å². The second-order valence-electron chi connectivity index (χ2n) is 17.0. The fourth-order valence-corrected chi connectivity index (χ4v) is 9.07. The number of H-pyrrole nitrogens is 1. The van der Waals surface area contributed by atoms with Gasteiger partial charge in [0.15, 0.2) is 0 Å². The van der Waals surface area contributed by atoms with E-state index in [1.807, 2.05) is 65.7 Å². The third-order valence-corrected chi connectivity index (χ3v) is 12.9. The molecule has 15 nitrogen and oxygen atoms in total. The van der Waals surface area contributed by atoms with E-state index in [-0.39, 0.29) is 30.3 Å². The molecule has 0 unspecified atom stereocenters. The summed E-state index contributed by atoms with van der Waals surface area (Å²) in [4.78, 5) is 69.0. The molecule has 348 valence electrons. The number of amides is 4. The molecule has 67 heavy (non-hydrogen) atoms. The van der Waals surface area contributed by atoms with E-state index in [4.69, 9.17) is 28.9 Å². The van der Waals surface area contributed by atoms with Gasteiger partial charge >= 0.3 is 12.2 Å². The van der Waals surface area contributed by atoms with E-state index in [0.717, 1.165) is 76.0 Å². The number of aromatic amines is 1. The Hall–Kier alpha value is -7.26. The SMILES string of the molecule is COC(=O)N[C@@H](Cc1ccc(OCc2ccccc2)cc1)C(=O)N1CCC[C@H]1c1ncc(-c2ccc(-c3ccc(C4=CN=C([C@@H]5CCCN5C(=O)[C@@H](NC(=O)OC)[C@@H](C)OC)C4)cc3)cc2)[nH]1. The summed E-state index contributed by atoms with van der Waals surface area (Å²) in [6, 6.07) is 32.0. The van der Waals surface area contributed by atoms with E-state index in [9.17, 15) is 19.2 Å². The lowest BCUT2D eigenvalue weighted by Crippen LogP contribution is -2.56. The molecule has 0 aliphatic carbocycles. The van der Waals surface area contributed by atoms with E-state index in [1.165, 1.54) is 21.3 Å². The number of alkyl carbamates (subject to hydrolysis) is 2. The summed E-state index contributed by atoms with van der Waals surface area (Å²) in [5.41, 5.74) is 8.92. The molecule has 1 aromatic heterocycles. The molecule has 8 rings (SSSR count). The number of carbonyl (C=O) groups is 4. The molecule has 2 saturated heterocycles. The van der Waals surface area contributed by atoms with Gasteiger partial charge in [-0.1, -0.05) is 91.0 Å². The summed E-state index contributed by atoms with van der Waals surface area (Å²) in [6.45, 7) is 3.31. The van der Waals surface area contributed by atoms with E-state index in [0.29, 0.717) is 37.7 Å². The van der Waals surface area contributed by atoms with Gasteiger partial charge in [-0.2, -0.15) is 0 Å². The topological polar surface area (TPSA) is 177 Å². The highest BCUT2D eigenvalue weighted by atomic mass is 16.5. The molecule has 3 aliphatic heterocycles. The Morgan fingerprint density at radius 3 is 1.99 bits per heavy atom. The monoisotopic (exact) mass is 907 g/mol. The quantitative estimate of drug-likeness (QED) is 0.0889. The first-order valence-corrected chi connectivity index (χ1v) is 22.7. The van der Waals surface area contributed by atoms with Gasteiger partial charge in [0.2, 0.25) is 11.8 Å². The summed E-state index contributed by atoms with van der Waals surface area (Å²) in [5.74, 6) is 0.989. The van der Waals surface area contributed by atoms with Crippen LogP contribution in [0.2, 0.25) is 0 Å². The smallest absolute Gasteiger partial charge is 0.407 e. The number of aliphatic imine (C=N–C) groups is 1. The first-order chi connectivity index (χ1) is 32.6. The molecule has 0 spiro atoms. The first kappa shape index (κ1) is 46.3. The van der Waals surface area contributed by atoms with Crippen LogP contribution in [0.1, 0.15) is 67.6 Å². The standard InChI is InChI=1S/C52H57N7O8/c1-33(64-2)47(57-52(63)66-4)50(61)58-26-8-12-45(58)42-29-40(30-53-42)38-18-16-36(17-19-38)37-20-22-39(23-21-37)44-31-54-48(55-44)46-13-9-27-59(46)49(60)43(56-51(62)65-3)28-34-14-24-41(25-15-34)67-32-35-10-6-5-7-11-35/h5-7,10-11,14-25,30-31,33,43,45-47H,8-9,12-13,26-29,32H2,1-4H3,(H,54,55)(H,56,62)(H,57,63)/t33-,43+,45+,46+,47+/m1/s1. The highest BCUT2D eigenvalue weighted by Gasteiger charge is 2.40. The van der Waals surface area contributed by atoms with Crippen LogP contribution in [-0.2, 0) is 36.8 Å². The Morgan fingerprint density at radius 2 is 1.33 bits per heavy atom. The van der Waals surface area contributed by atoms with Gasteiger partial charge in [-0.25, -0.2) is 14.6 Å². The molecule has 2 fully saturated rings. The highest BCUT2D eigenvalue weighted by molar-refractivity contribution is 6.04. The minimum Gasteiger partial charge on any atom is -0.489 e. The van der Waals surface area contributed by atoms with E-state index >= 15 is 0 Å². The molecule has 0 bridgehead atoms. The second-order valence-corrected chi connectivity index (χ2v) is 17.0. The molecule has 0 saturated carbocycles. The maximum absolute atomic E-state index is 14.2. The zero-order chi connectivity index (χ0) is 46.9. The number of nitrogens with one attached hydrogen (secondary N) is 3. The number of carbonyl (C=O) groups excluding carboxylic acids is 4. The number of allylic oxidation sites excluding steroid dienone is 1. The molecule has 4 aromatic carbocycles. The minimum atomic E-state index is -0.877. The van der Waals surface area contributed by atoms with Gasteiger partial charge in [0.05, 0.1) is 44.3 Å². The third kappa shape index (κ3) is 10.9. The van der Waals surface area contributed by atoms with Crippen LogP contribution < -0.4 is 15.4 Å². The average molecular weight is 908 g/mol. The summed E-state index contributed by atoms with van der Waals surface area (Å²) in [6.07, 6.45) is 5.88. The lowest BCUT2D eigenvalue weighted by molar-refractivity contribution is -0.136. The molecule has 3 aliphatic rings. The largest absolute Gasteiger partial charge is 0.489 e. The predicted octanol–water partition coefficient (Wildman–Crippen LogP) is 7.89. The molecule has 5 aromatic rings. The summed E-state index contributed by atoms with van der Waals surface area (Å²) in [7, 11) is 4.06. The van der Waals surface area contributed by atoms with Gasteiger partial charge in [-0.05, 0) is 83.7 Å². The van der Waals surface area contributed by atoms with Crippen molar-refractivity contribution in [2.24, 2.45) is 4.99 Å². The number of imidazole rings is 1. The molecule has 4 amide bonds. The fourth-order valence-electron chi connectivity index (χ4n) is 9.07. The number of benzene rings is 4. The fraction of sp³-hybridized carbons (Fsp3) is 0.346. The van der Waals surface area contributed by atoms with Crippen molar-refractivity contribution < 1.29 is 38.1 Å². The number of methoxy groups -OCH3 is 3. The van der Waals surface area contributed by atoms with Crippen molar-refractivity contribution >= 4 is 35.3 Å². The minimum absolute atomic E-state index is 0.162. The number of hydrogen-bond acceptors (Lipinski definition) is 10. The Balaban J connectivity index is 0.874. The van der Waals surface area contributed by atoms with E-state index in [1.54, 1.807) is 18.0 Å². The van der Waals surface area contributed by atoms with E-state index in [2.05, 4.69) is 64.1 Å². The lowest BCUT2D eigenvalue weighted by Gasteiger charge is -2.31. The van der Waals surface area contributed by atoms with Crippen molar-refractivity contribution in [1.29, 1.82) is 0 Å². The van der Waals surface area contributed by atoms with Crippen molar-refractivity contribution in [3.05, 3.63) is 138 Å². The van der Waals surface area contributed by atoms with Crippen LogP contribution in [0.5, 0.6) is 5.75 Å². The van der Waals surface area contributed by atoms with Gasteiger partial charge in [-0.3, -0.25) is 14.6 Å². The van der Waals surface area contributed by atoms with Crippen LogP contribution in [-0.4, -0.2) is 108 Å². The van der Waals surface area contributed by atoms with Crippen molar-refractivity contribution in [3.63, 3.8) is 0 Å². The maximum atomic E-state index is 14.2. The zero-order valence-electron chi connectivity index (χ0n) is 38.3. The van der Waals surface area contributed by atoms with Gasteiger partial charge in [0.1, 0.15) is 30.3 Å². The van der Waals surface area contributed by atoms with Gasteiger partial charge in [0, 0.05) is 45.0 Å². The van der Waals surface area contributed by atoms with Crippen molar-refractivity contribution in [2.45, 2.75) is 82.3 Å². The summed E-state index contributed by atoms with van der Waals surface area (Å²) >= 11 is 0. The molecular formula is C52H57N7O8. The number of rotatable bonds is 16. The maximum Gasteiger partial charge on any atom is 0.407 e.